The van der Waals surface area contributed by atoms with E-state index in [2.05, 4.69) is 31.2 Å². The zero-order chi connectivity index (χ0) is 74.7. The van der Waals surface area contributed by atoms with Crippen LogP contribution in [0.4, 0.5) is 22.7 Å². The number of H-pyrrole nitrogens is 2. The van der Waals surface area contributed by atoms with E-state index >= 15 is 0 Å². The lowest BCUT2D eigenvalue weighted by atomic mass is 9.98. The van der Waals surface area contributed by atoms with Crippen LogP contribution in [-0.4, -0.2) is 122 Å². The molecular weight excluding hydrogens is 1380 g/mol. The summed E-state index contributed by atoms with van der Waals surface area (Å²) in [6.07, 6.45) is 17.3. The van der Waals surface area contributed by atoms with Crippen LogP contribution in [0.25, 0.3) is 90.9 Å². The number of hydrogen-bond acceptors (Lipinski definition) is 18. The molecule has 2 unspecified atom stereocenters. The molecule has 4 aliphatic carbocycles. The molecule has 9 heterocycles. The quantitative estimate of drug-likeness (QED) is 0.0665. The Hall–Kier alpha value is -11.6. The third-order valence-electron chi connectivity index (χ3n) is 21.5. The van der Waals surface area contributed by atoms with Crippen molar-refractivity contribution in [2.24, 2.45) is 47.3 Å². The molecule has 3 aromatic heterocycles. The summed E-state index contributed by atoms with van der Waals surface area (Å²) >= 11 is 0. The Bertz CT molecular complexity index is 4520. The maximum Gasteiger partial charge on any atom is 0.309 e. The molecule has 0 radical (unpaired) electrons. The number of benzene rings is 4. The Labute approximate surface area is 623 Å². The maximum atomic E-state index is 15.0. The fourth-order valence-corrected chi connectivity index (χ4v) is 15.3. The first-order valence-electron chi connectivity index (χ1n) is 37.5. The number of methoxy groups -OCH3 is 4. The van der Waals surface area contributed by atoms with Crippen molar-refractivity contribution in [1.82, 2.24) is 19.9 Å². The normalized spacial score (nSPS) is 22.9. The monoisotopic (exact) mass is 1460 g/mol. The first-order chi connectivity index (χ1) is 52.7. The minimum Gasteiger partial charge on any atom is -0.496 e. The molecule has 0 saturated heterocycles. The van der Waals surface area contributed by atoms with E-state index in [1.165, 1.54) is 0 Å². The van der Waals surface area contributed by atoms with Crippen LogP contribution in [0.1, 0.15) is 126 Å². The molecule has 10 aliphatic rings. The number of fused-ring (bicyclic) bond motifs is 26. The molecule has 12 bridgehead atoms. The number of nitrogens with zero attached hydrogens (tertiary/aromatic N) is 2. The van der Waals surface area contributed by atoms with E-state index in [-0.39, 0.29) is 74.9 Å². The fraction of sp³-hybridized carbons (Fsp3) is 0.381. The zero-order valence-corrected chi connectivity index (χ0v) is 60.7. The van der Waals surface area contributed by atoms with Gasteiger partial charge in [0.05, 0.1) is 159 Å². The Balaban J connectivity index is 1.02. The number of anilines is 4. The van der Waals surface area contributed by atoms with Gasteiger partial charge in [0, 0.05) is 55.4 Å². The largest absolute Gasteiger partial charge is 0.496 e. The van der Waals surface area contributed by atoms with Crippen LogP contribution < -0.4 is 40.2 Å². The third-order valence-corrected chi connectivity index (χ3v) is 21.5. The van der Waals surface area contributed by atoms with Crippen LogP contribution in [-0.2, 0) is 57.3 Å². The molecule has 4 aromatic carbocycles. The Morgan fingerprint density at radius 1 is 0.287 bits per heavy atom. The number of ether oxygens (including phenoxy) is 8. The number of esters is 4. The van der Waals surface area contributed by atoms with Gasteiger partial charge in [0.15, 0.2) is 0 Å². The van der Waals surface area contributed by atoms with Crippen molar-refractivity contribution in [2.45, 2.75) is 103 Å². The van der Waals surface area contributed by atoms with E-state index in [0.717, 1.165) is 51.4 Å². The number of carbonyl (C=O) groups is 8. The molecule has 0 spiro atoms. The SMILES string of the molecule is COc1cccc(OC)c1-c1c2nc(c3c4ccc([nH]4)c(-c4c(OC)cccc4OC)c4nc(c(c5ccc1[nH]5)-c1c5cccc1NC(=O)[C@H]1C[C@H]1C(=O)OCCCCCCCCOC(=O)[C@H]1CC1C(=O)Nc1cccc(c1-3)NC(=O)[C@H]1C[C@H]1C(=O)OCCCCCCCCOC(=O)[C@H]1CC1C(=O)N5)C=C4)C=C2. The van der Waals surface area contributed by atoms with Gasteiger partial charge in [-0.15, -0.1) is 0 Å². The van der Waals surface area contributed by atoms with E-state index in [1.807, 2.05) is 48.6 Å². The second-order valence-electron chi connectivity index (χ2n) is 28.7. The van der Waals surface area contributed by atoms with Gasteiger partial charge in [0.2, 0.25) is 23.6 Å². The standard InChI is InChI=1S/C84H86N8O16/c1-101-65-25-19-26-66(102-2)75(65)73-61-33-29-57(85-61)71-59-31-35-63(87-59)74(76-67(103-3)27-20-28-68(76)104-4)64-36-32-60(88-64)72(58-30-34-62(73)86-58)70-54-22-18-24-56(70)92-80(96)48-44-52(48)84(100)108-40-16-12-8-7-11-15-39-107-83(99)51-43-47(51)79(95)91-55-23-17-21-53(69(55)71)89-77(93)45-41-49(45)81(97)105-37-13-9-5-6-10-14-38-106-82(98)50-42-46(50)78(94)90-54/h17-36,45-52,85,88H,5-16,37-44H2,1-4H3,(H,89,93)(H,90,94)(H,91,95)(H,92,96)/t45-,46?,47?,48-,49+,50-,51-,52+/m0/s1. The Morgan fingerprint density at radius 2 is 0.519 bits per heavy atom. The summed E-state index contributed by atoms with van der Waals surface area (Å²) in [6, 6.07) is 28.6. The molecule has 8 atom stereocenters. The van der Waals surface area contributed by atoms with Gasteiger partial charge < -0.3 is 69.1 Å². The predicted octanol–water partition coefficient (Wildman–Crippen LogP) is 14.5. The van der Waals surface area contributed by atoms with Crippen LogP contribution in [0.5, 0.6) is 23.0 Å². The van der Waals surface area contributed by atoms with E-state index in [1.54, 1.807) is 101 Å². The molecule has 6 N–H and O–H groups in total. The summed E-state index contributed by atoms with van der Waals surface area (Å²) in [5.74, 6) is -7.88. The number of nitrogens with one attached hydrogen (secondary N) is 6. The van der Waals surface area contributed by atoms with Crippen molar-refractivity contribution >= 4 is 117 Å². The highest BCUT2D eigenvalue weighted by molar-refractivity contribution is 6.13. The van der Waals surface area contributed by atoms with Crippen molar-refractivity contribution in [3.8, 4) is 67.5 Å². The second kappa shape index (κ2) is 31.5. The van der Waals surface area contributed by atoms with Gasteiger partial charge in [0.25, 0.3) is 0 Å². The molecule has 24 heteroatoms. The van der Waals surface area contributed by atoms with Crippen LogP contribution in [0, 0.1) is 47.3 Å². The lowest BCUT2D eigenvalue weighted by molar-refractivity contribution is -0.147. The van der Waals surface area contributed by atoms with Gasteiger partial charge in [0.1, 0.15) is 23.0 Å². The lowest BCUT2D eigenvalue weighted by Gasteiger charge is -2.18. The van der Waals surface area contributed by atoms with E-state index < -0.39 is 94.8 Å². The van der Waals surface area contributed by atoms with Crippen LogP contribution in [0.2, 0.25) is 0 Å². The maximum absolute atomic E-state index is 15.0. The average molecular weight is 1460 g/mol. The smallest absolute Gasteiger partial charge is 0.309 e. The van der Waals surface area contributed by atoms with Crippen molar-refractivity contribution in [3.05, 3.63) is 120 Å². The summed E-state index contributed by atoms with van der Waals surface area (Å²) in [5.41, 5.74) is 7.59. The molecule has 6 aliphatic heterocycles. The van der Waals surface area contributed by atoms with Crippen molar-refractivity contribution in [2.75, 3.05) is 76.1 Å². The molecule has 7 aromatic rings. The summed E-state index contributed by atoms with van der Waals surface area (Å²) in [4.78, 5) is 134. The number of rotatable bonds is 6. The first-order valence-corrected chi connectivity index (χ1v) is 37.5. The number of hydrogen-bond donors (Lipinski definition) is 6. The summed E-state index contributed by atoms with van der Waals surface area (Å²) in [5, 5.41) is 12.8. The van der Waals surface area contributed by atoms with Crippen molar-refractivity contribution in [3.63, 3.8) is 0 Å². The number of amides is 4. The summed E-state index contributed by atoms with van der Waals surface area (Å²) in [7, 11) is 6.19. The highest BCUT2D eigenvalue weighted by Crippen LogP contribution is 2.52. The van der Waals surface area contributed by atoms with Gasteiger partial charge >= 0.3 is 23.9 Å². The first kappa shape index (κ1) is 72.0. The number of carbonyl (C=O) groups excluding carboxylic acids is 8. The van der Waals surface area contributed by atoms with Gasteiger partial charge in [-0.1, -0.05) is 75.6 Å². The fourth-order valence-electron chi connectivity index (χ4n) is 15.3. The second-order valence-corrected chi connectivity index (χ2v) is 28.7. The molecule has 4 amide bonds. The van der Waals surface area contributed by atoms with Gasteiger partial charge in [-0.3, -0.25) is 38.4 Å². The van der Waals surface area contributed by atoms with E-state index in [4.69, 9.17) is 47.9 Å². The Kier molecular flexibility index (Phi) is 21.0. The highest BCUT2D eigenvalue weighted by Gasteiger charge is 2.53. The topological polar surface area (TPSA) is 316 Å². The molecular formula is C84H86N8O16. The zero-order valence-electron chi connectivity index (χ0n) is 60.7. The minimum atomic E-state index is -0.748. The van der Waals surface area contributed by atoms with Gasteiger partial charge in [-0.05, 0) is 148 Å². The molecule has 4 fully saturated rings. The molecule has 4 saturated carbocycles. The van der Waals surface area contributed by atoms with Crippen LogP contribution >= 0.6 is 0 Å². The average Bonchev–Trinajstić information content (AvgIpc) is 1.55. The molecule has 558 valence electrons. The number of aromatic amines is 2. The third kappa shape index (κ3) is 15.0. The molecule has 24 nitrogen and oxygen atoms in total. The lowest BCUT2D eigenvalue weighted by Crippen LogP contribution is -2.21. The molecule has 108 heavy (non-hydrogen) atoms. The summed E-state index contributed by atoms with van der Waals surface area (Å²) in [6.45, 7) is 0.710. The molecule has 17 rings (SSSR count). The van der Waals surface area contributed by atoms with E-state index in [9.17, 15) is 38.4 Å². The van der Waals surface area contributed by atoms with Crippen LogP contribution in [0.3, 0.4) is 0 Å². The minimum absolute atomic E-state index is 0.177. The van der Waals surface area contributed by atoms with Crippen molar-refractivity contribution in [1.29, 1.82) is 0 Å². The van der Waals surface area contributed by atoms with Gasteiger partial charge in [-0.2, -0.15) is 0 Å². The summed E-state index contributed by atoms with van der Waals surface area (Å²) < 4.78 is 48.0. The van der Waals surface area contributed by atoms with Crippen LogP contribution in [0.15, 0.2) is 97.1 Å². The van der Waals surface area contributed by atoms with Gasteiger partial charge in [-0.25, -0.2) is 9.97 Å². The van der Waals surface area contributed by atoms with Crippen molar-refractivity contribution < 1.29 is 76.3 Å². The Morgan fingerprint density at radius 3 is 0.769 bits per heavy atom. The number of aromatic nitrogens is 4. The predicted molar refractivity (Wildman–Crippen MR) is 407 cm³/mol. The highest BCUT2D eigenvalue weighted by atomic mass is 16.5. The van der Waals surface area contributed by atoms with E-state index in [0.29, 0.717) is 138 Å².